The number of hydrogen-bond acceptors (Lipinski definition) is 7. The molecule has 32 heavy (non-hydrogen) atoms. The molecular formula is C22H27N5O3S2. The van der Waals surface area contributed by atoms with Crippen LogP contribution in [0.25, 0.3) is 10.2 Å². The maximum absolute atomic E-state index is 12.8. The smallest absolute Gasteiger partial charge is 0.232 e. The predicted octanol–water partition coefficient (Wildman–Crippen LogP) is 3.92. The molecule has 3 heterocycles. The third-order valence-electron chi connectivity index (χ3n) is 5.92. The molecule has 8 nitrogen and oxygen atoms in total. The summed E-state index contributed by atoms with van der Waals surface area (Å²) in [6.07, 6.45) is 3.11. The summed E-state index contributed by atoms with van der Waals surface area (Å²) in [7, 11) is -3.32. The van der Waals surface area contributed by atoms with Crippen LogP contribution in [0, 0.1) is 19.8 Å². The summed E-state index contributed by atoms with van der Waals surface area (Å²) in [5.74, 6) is 0.881. The minimum Gasteiger partial charge on any atom is -0.356 e. The van der Waals surface area contributed by atoms with Crippen LogP contribution in [0.15, 0.2) is 30.6 Å². The van der Waals surface area contributed by atoms with Gasteiger partial charge in [0, 0.05) is 35.3 Å². The van der Waals surface area contributed by atoms with E-state index in [-0.39, 0.29) is 17.6 Å². The monoisotopic (exact) mass is 473 g/mol. The molecule has 10 heteroatoms. The minimum absolute atomic E-state index is 0.0102. The normalized spacial score (nSPS) is 15.2. The van der Waals surface area contributed by atoms with Crippen LogP contribution in [-0.2, 0) is 14.8 Å². The molecule has 170 valence electrons. The van der Waals surface area contributed by atoms with Crippen LogP contribution in [-0.4, -0.2) is 43.1 Å². The van der Waals surface area contributed by atoms with Gasteiger partial charge in [0.2, 0.25) is 15.9 Å². The zero-order chi connectivity index (χ0) is 22.9. The van der Waals surface area contributed by atoms with E-state index in [1.807, 2.05) is 0 Å². The van der Waals surface area contributed by atoms with Gasteiger partial charge in [-0.3, -0.25) is 9.52 Å². The first-order valence-corrected chi connectivity index (χ1v) is 13.1. The largest absolute Gasteiger partial charge is 0.356 e. The third-order valence-corrected chi connectivity index (χ3v) is 8.34. The van der Waals surface area contributed by atoms with Crippen molar-refractivity contribution < 1.29 is 13.2 Å². The van der Waals surface area contributed by atoms with E-state index in [1.54, 1.807) is 48.9 Å². The SMILES string of the molecule is CCS(=O)(=O)Nc1ccc(NC(=O)C2CCN(c3ncnc4sc(C)c(C)c34)CC2)cc1. The zero-order valence-electron chi connectivity index (χ0n) is 18.4. The van der Waals surface area contributed by atoms with Gasteiger partial charge < -0.3 is 10.2 Å². The number of carbonyl (C=O) groups excluding carboxylic acids is 1. The summed E-state index contributed by atoms with van der Waals surface area (Å²) in [5.41, 5.74) is 2.36. The third kappa shape index (κ3) is 4.71. The van der Waals surface area contributed by atoms with Gasteiger partial charge in [-0.15, -0.1) is 11.3 Å². The number of thiophene rings is 1. The number of amides is 1. The Morgan fingerprint density at radius 2 is 1.78 bits per heavy atom. The molecule has 0 unspecified atom stereocenters. The van der Waals surface area contributed by atoms with Crippen molar-refractivity contribution in [1.82, 2.24) is 9.97 Å². The highest BCUT2D eigenvalue weighted by molar-refractivity contribution is 7.92. The number of rotatable bonds is 6. The average molecular weight is 474 g/mol. The number of sulfonamides is 1. The Morgan fingerprint density at radius 1 is 1.12 bits per heavy atom. The Kier molecular flexibility index (Phi) is 6.34. The zero-order valence-corrected chi connectivity index (χ0v) is 20.0. The molecule has 1 saturated heterocycles. The van der Waals surface area contributed by atoms with Crippen molar-refractivity contribution in [1.29, 1.82) is 0 Å². The summed E-state index contributed by atoms with van der Waals surface area (Å²) in [6.45, 7) is 7.32. The van der Waals surface area contributed by atoms with E-state index in [1.165, 1.54) is 10.4 Å². The van der Waals surface area contributed by atoms with Gasteiger partial charge in [0.1, 0.15) is 17.0 Å². The van der Waals surface area contributed by atoms with Gasteiger partial charge in [0.05, 0.1) is 11.1 Å². The van der Waals surface area contributed by atoms with Gasteiger partial charge in [0.15, 0.2) is 0 Å². The lowest BCUT2D eigenvalue weighted by atomic mass is 9.95. The van der Waals surface area contributed by atoms with Crippen LogP contribution in [0.3, 0.4) is 0 Å². The highest BCUT2D eigenvalue weighted by Crippen LogP contribution is 2.35. The van der Waals surface area contributed by atoms with Crippen LogP contribution in [0.2, 0.25) is 0 Å². The van der Waals surface area contributed by atoms with E-state index in [9.17, 15) is 13.2 Å². The summed E-state index contributed by atoms with van der Waals surface area (Å²) < 4.78 is 25.8. The molecule has 0 atom stereocenters. The van der Waals surface area contributed by atoms with E-state index < -0.39 is 10.0 Å². The fourth-order valence-corrected chi connectivity index (χ4v) is 5.51. The second kappa shape index (κ2) is 9.03. The molecule has 1 fully saturated rings. The second-order valence-corrected chi connectivity index (χ2v) is 11.2. The van der Waals surface area contributed by atoms with E-state index in [4.69, 9.17) is 0 Å². The van der Waals surface area contributed by atoms with Crippen molar-refractivity contribution in [2.45, 2.75) is 33.6 Å². The fraction of sp³-hybridized carbons (Fsp3) is 0.409. The van der Waals surface area contributed by atoms with E-state index in [2.05, 4.69) is 38.8 Å². The number of benzene rings is 1. The highest BCUT2D eigenvalue weighted by Gasteiger charge is 2.27. The van der Waals surface area contributed by atoms with Gasteiger partial charge >= 0.3 is 0 Å². The number of aryl methyl sites for hydroxylation is 2. The van der Waals surface area contributed by atoms with Crippen LogP contribution in [0.4, 0.5) is 17.2 Å². The number of carbonyl (C=O) groups is 1. The van der Waals surface area contributed by atoms with Crippen LogP contribution < -0.4 is 14.9 Å². The average Bonchev–Trinajstić information content (AvgIpc) is 3.08. The van der Waals surface area contributed by atoms with E-state index in [0.717, 1.165) is 42.0 Å². The Labute approximate surface area is 192 Å². The molecule has 0 radical (unpaired) electrons. The van der Waals surface area contributed by atoms with Crippen molar-refractivity contribution in [2.75, 3.05) is 33.8 Å². The summed E-state index contributed by atoms with van der Waals surface area (Å²) in [5, 5.41) is 4.08. The molecule has 0 saturated carbocycles. The van der Waals surface area contributed by atoms with Crippen molar-refractivity contribution in [3.63, 3.8) is 0 Å². The van der Waals surface area contributed by atoms with Gasteiger partial charge in [-0.25, -0.2) is 18.4 Å². The topological polar surface area (TPSA) is 104 Å². The second-order valence-electron chi connectivity index (χ2n) is 7.99. The van der Waals surface area contributed by atoms with Gasteiger partial charge in [-0.05, 0) is 63.4 Å². The highest BCUT2D eigenvalue weighted by atomic mass is 32.2. The van der Waals surface area contributed by atoms with Crippen LogP contribution in [0.1, 0.15) is 30.2 Å². The first kappa shape index (κ1) is 22.5. The number of fused-ring (bicyclic) bond motifs is 1. The Morgan fingerprint density at radius 3 is 2.44 bits per heavy atom. The van der Waals surface area contributed by atoms with Gasteiger partial charge in [0.25, 0.3) is 0 Å². The quantitative estimate of drug-likeness (QED) is 0.562. The minimum atomic E-state index is -3.32. The molecule has 4 rings (SSSR count). The fourth-order valence-electron chi connectivity index (χ4n) is 3.87. The molecular weight excluding hydrogens is 446 g/mol. The summed E-state index contributed by atoms with van der Waals surface area (Å²) in [6, 6.07) is 6.72. The van der Waals surface area contributed by atoms with Crippen molar-refractivity contribution >= 4 is 54.7 Å². The van der Waals surface area contributed by atoms with Gasteiger partial charge in [-0.1, -0.05) is 0 Å². The Balaban J connectivity index is 1.37. The summed E-state index contributed by atoms with van der Waals surface area (Å²) in [4.78, 5) is 26.3. The molecule has 1 amide bonds. The lowest BCUT2D eigenvalue weighted by molar-refractivity contribution is -0.120. The number of nitrogens with one attached hydrogen (secondary N) is 2. The molecule has 3 aromatic rings. The Hall–Kier alpha value is -2.72. The standard InChI is InChI=1S/C22H27N5O3S2/c1-4-32(29,30)26-18-7-5-17(6-8-18)25-21(28)16-9-11-27(12-10-16)20-19-14(2)15(3)31-22(19)24-13-23-20/h5-8,13,16,26H,4,9-12H2,1-3H3,(H,25,28). The number of piperidine rings is 1. The first-order chi connectivity index (χ1) is 15.3. The molecule has 1 aliphatic heterocycles. The molecule has 0 bridgehead atoms. The Bertz CT molecular complexity index is 1230. The van der Waals surface area contributed by atoms with Crippen molar-refractivity contribution in [3.8, 4) is 0 Å². The molecule has 1 aromatic carbocycles. The van der Waals surface area contributed by atoms with Crippen LogP contribution >= 0.6 is 11.3 Å². The molecule has 2 aromatic heterocycles. The number of hydrogen-bond donors (Lipinski definition) is 2. The molecule has 2 N–H and O–H groups in total. The van der Waals surface area contributed by atoms with E-state index >= 15 is 0 Å². The number of anilines is 3. The lowest BCUT2D eigenvalue weighted by Gasteiger charge is -2.32. The number of aromatic nitrogens is 2. The molecule has 0 spiro atoms. The first-order valence-electron chi connectivity index (χ1n) is 10.6. The lowest BCUT2D eigenvalue weighted by Crippen LogP contribution is -2.38. The maximum atomic E-state index is 12.8. The molecule has 0 aliphatic carbocycles. The van der Waals surface area contributed by atoms with Crippen LogP contribution in [0.5, 0.6) is 0 Å². The predicted molar refractivity (Wildman–Crippen MR) is 130 cm³/mol. The van der Waals surface area contributed by atoms with Gasteiger partial charge in [-0.2, -0.15) is 0 Å². The molecule has 1 aliphatic rings. The summed E-state index contributed by atoms with van der Waals surface area (Å²) >= 11 is 1.69. The van der Waals surface area contributed by atoms with E-state index in [0.29, 0.717) is 11.4 Å². The number of nitrogens with zero attached hydrogens (tertiary/aromatic N) is 3. The van der Waals surface area contributed by atoms with Crippen molar-refractivity contribution in [2.24, 2.45) is 5.92 Å². The van der Waals surface area contributed by atoms with Crippen molar-refractivity contribution in [3.05, 3.63) is 41.0 Å². The maximum Gasteiger partial charge on any atom is 0.232 e.